The molecule has 25 heavy (non-hydrogen) atoms. The Morgan fingerprint density at radius 1 is 1.36 bits per heavy atom. The summed E-state index contributed by atoms with van der Waals surface area (Å²) in [6, 6.07) is -0.198. The lowest BCUT2D eigenvalue weighted by Crippen LogP contribution is -2.56. The molecule has 10 heteroatoms. The standard InChI is InChI=1S/C15H22I2N4O4/c1-15(2,3)25-14(23)21-6-5-8(9(7-21)24-4)18-13(22)12-19-10(16)11(17)20-12/h8-9H,5-7H2,1-4H3,(H,18,22)(H,19,20). The van der Waals surface area contributed by atoms with E-state index in [0.29, 0.717) is 19.5 Å². The van der Waals surface area contributed by atoms with Gasteiger partial charge in [-0.05, 0) is 72.4 Å². The highest BCUT2D eigenvalue weighted by molar-refractivity contribution is 14.1. The number of piperidine rings is 1. The summed E-state index contributed by atoms with van der Waals surface area (Å²) in [6.45, 7) is 6.35. The number of H-pyrrole nitrogens is 1. The van der Waals surface area contributed by atoms with E-state index < -0.39 is 5.60 Å². The Bertz CT molecular complexity index is 624. The molecule has 1 aromatic rings. The number of nitrogens with one attached hydrogen (secondary N) is 2. The summed E-state index contributed by atoms with van der Waals surface area (Å²) in [5, 5.41) is 2.94. The zero-order valence-electron chi connectivity index (χ0n) is 14.6. The highest BCUT2D eigenvalue weighted by Crippen LogP contribution is 2.18. The molecular formula is C15H22I2N4O4. The number of rotatable bonds is 3. The predicted octanol–water partition coefficient (Wildman–Crippen LogP) is 2.37. The molecule has 2 N–H and O–H groups in total. The molecule has 2 atom stereocenters. The number of ether oxygens (including phenoxy) is 2. The molecule has 140 valence electrons. The monoisotopic (exact) mass is 576 g/mol. The largest absolute Gasteiger partial charge is 0.444 e. The summed E-state index contributed by atoms with van der Waals surface area (Å²) in [6.07, 6.45) is -0.0916. The maximum Gasteiger partial charge on any atom is 0.410 e. The first-order valence-corrected chi connectivity index (χ1v) is 9.99. The molecule has 0 radical (unpaired) electrons. The van der Waals surface area contributed by atoms with Crippen molar-refractivity contribution in [1.29, 1.82) is 0 Å². The summed E-state index contributed by atoms with van der Waals surface area (Å²) in [5.74, 6) is -0.00294. The van der Waals surface area contributed by atoms with Crippen LogP contribution < -0.4 is 5.32 Å². The van der Waals surface area contributed by atoms with Crippen LogP contribution in [0.5, 0.6) is 0 Å². The van der Waals surface area contributed by atoms with Gasteiger partial charge in [0.25, 0.3) is 5.91 Å². The minimum atomic E-state index is -0.543. The highest BCUT2D eigenvalue weighted by atomic mass is 127. The maximum atomic E-state index is 12.4. The van der Waals surface area contributed by atoms with Crippen LogP contribution in [0.15, 0.2) is 0 Å². The quantitative estimate of drug-likeness (QED) is 0.540. The van der Waals surface area contributed by atoms with E-state index in [-0.39, 0.29) is 30.0 Å². The van der Waals surface area contributed by atoms with Crippen LogP contribution >= 0.6 is 45.2 Å². The molecule has 1 aliphatic heterocycles. The molecule has 2 rings (SSSR count). The summed E-state index contributed by atoms with van der Waals surface area (Å²) >= 11 is 4.16. The number of hydrogen-bond donors (Lipinski definition) is 2. The second-order valence-corrected chi connectivity index (χ2v) is 8.86. The second kappa shape index (κ2) is 8.37. The van der Waals surface area contributed by atoms with Gasteiger partial charge in [0.15, 0.2) is 5.82 Å². The van der Waals surface area contributed by atoms with E-state index in [2.05, 4.69) is 60.5 Å². The van der Waals surface area contributed by atoms with E-state index in [1.54, 1.807) is 12.0 Å². The van der Waals surface area contributed by atoms with Crippen LogP contribution in [-0.4, -0.2) is 64.8 Å². The van der Waals surface area contributed by atoms with Crippen molar-refractivity contribution in [3.63, 3.8) is 0 Å². The van der Waals surface area contributed by atoms with E-state index in [4.69, 9.17) is 9.47 Å². The lowest BCUT2D eigenvalue weighted by atomic mass is 10.0. The van der Waals surface area contributed by atoms with E-state index in [9.17, 15) is 9.59 Å². The van der Waals surface area contributed by atoms with Gasteiger partial charge in [-0.15, -0.1) is 0 Å². The van der Waals surface area contributed by atoms with Crippen molar-refractivity contribution in [2.75, 3.05) is 20.2 Å². The molecular weight excluding hydrogens is 554 g/mol. The Labute approximate surface area is 174 Å². The molecule has 1 saturated heterocycles. The number of carbonyl (C=O) groups excluding carboxylic acids is 2. The van der Waals surface area contributed by atoms with Gasteiger partial charge < -0.3 is 24.7 Å². The molecule has 0 spiro atoms. The normalized spacial score (nSPS) is 21.1. The van der Waals surface area contributed by atoms with E-state index in [1.807, 2.05) is 20.8 Å². The predicted molar refractivity (Wildman–Crippen MR) is 108 cm³/mol. The molecule has 2 amide bonds. The first kappa shape index (κ1) is 20.7. The van der Waals surface area contributed by atoms with Crippen LogP contribution in [0, 0.1) is 7.40 Å². The summed E-state index contributed by atoms with van der Waals surface area (Å²) in [5.41, 5.74) is -0.543. The molecule has 1 aromatic heterocycles. The van der Waals surface area contributed by atoms with Crippen LogP contribution in [-0.2, 0) is 9.47 Å². The Balaban J connectivity index is 1.97. The van der Waals surface area contributed by atoms with Gasteiger partial charge >= 0.3 is 6.09 Å². The third-order valence-corrected chi connectivity index (χ3v) is 6.26. The number of hydrogen-bond acceptors (Lipinski definition) is 5. The molecule has 2 heterocycles. The average molecular weight is 576 g/mol. The van der Waals surface area contributed by atoms with Gasteiger partial charge in [0.05, 0.1) is 18.7 Å². The van der Waals surface area contributed by atoms with Crippen LogP contribution in [0.2, 0.25) is 0 Å². The minimum absolute atomic E-state index is 0.198. The van der Waals surface area contributed by atoms with Gasteiger partial charge in [0, 0.05) is 13.7 Å². The number of likely N-dealkylation sites (tertiary alicyclic amines) is 1. The van der Waals surface area contributed by atoms with Crippen molar-refractivity contribution in [3.8, 4) is 0 Å². The van der Waals surface area contributed by atoms with Crippen molar-refractivity contribution < 1.29 is 19.1 Å². The minimum Gasteiger partial charge on any atom is -0.444 e. The average Bonchev–Trinajstić information content (AvgIpc) is 2.85. The summed E-state index contributed by atoms with van der Waals surface area (Å²) in [7, 11) is 1.57. The smallest absolute Gasteiger partial charge is 0.410 e. The molecule has 2 unspecified atom stereocenters. The van der Waals surface area contributed by atoms with Gasteiger partial charge in [-0.3, -0.25) is 4.79 Å². The van der Waals surface area contributed by atoms with Gasteiger partial charge in [-0.25, -0.2) is 9.78 Å². The Hall–Kier alpha value is -0.630. The lowest BCUT2D eigenvalue weighted by molar-refractivity contribution is -0.0172. The summed E-state index contributed by atoms with van der Waals surface area (Å²) < 4.78 is 12.5. The number of nitrogens with zero attached hydrogens (tertiary/aromatic N) is 2. The highest BCUT2D eigenvalue weighted by Gasteiger charge is 2.35. The first-order chi connectivity index (χ1) is 11.6. The SMILES string of the molecule is COC1CN(C(=O)OC(C)(C)C)CCC1NC(=O)c1nc(I)c(I)[nH]1. The molecule has 0 aromatic carbocycles. The maximum absolute atomic E-state index is 12.4. The fraction of sp³-hybridized carbons (Fsp3) is 0.667. The number of amides is 2. The third-order valence-electron chi connectivity index (χ3n) is 3.66. The number of imidazole rings is 1. The topological polar surface area (TPSA) is 96.6 Å². The summed E-state index contributed by atoms with van der Waals surface area (Å²) in [4.78, 5) is 33.3. The van der Waals surface area contributed by atoms with E-state index >= 15 is 0 Å². The van der Waals surface area contributed by atoms with Crippen molar-refractivity contribution in [2.24, 2.45) is 0 Å². The van der Waals surface area contributed by atoms with Gasteiger partial charge in [0.1, 0.15) is 13.0 Å². The van der Waals surface area contributed by atoms with E-state index in [0.717, 1.165) is 7.40 Å². The van der Waals surface area contributed by atoms with Crippen molar-refractivity contribution in [2.45, 2.75) is 44.9 Å². The number of aromatic nitrogens is 2. The number of aromatic amines is 1. The van der Waals surface area contributed by atoms with Crippen LogP contribution in [0.3, 0.4) is 0 Å². The van der Waals surface area contributed by atoms with E-state index in [1.165, 1.54) is 0 Å². The molecule has 8 nitrogen and oxygen atoms in total. The Morgan fingerprint density at radius 3 is 2.56 bits per heavy atom. The van der Waals surface area contributed by atoms with Crippen LogP contribution in [0.1, 0.15) is 37.8 Å². The molecule has 0 aliphatic carbocycles. The zero-order chi connectivity index (χ0) is 18.8. The fourth-order valence-corrected chi connectivity index (χ4v) is 3.24. The Kier molecular flexibility index (Phi) is 6.93. The second-order valence-electron chi connectivity index (χ2n) is 6.76. The number of carbonyl (C=O) groups is 2. The molecule has 1 fully saturated rings. The lowest BCUT2D eigenvalue weighted by Gasteiger charge is -2.38. The van der Waals surface area contributed by atoms with Gasteiger partial charge in [-0.2, -0.15) is 0 Å². The number of methoxy groups -OCH3 is 1. The van der Waals surface area contributed by atoms with Gasteiger partial charge in [-0.1, -0.05) is 0 Å². The Morgan fingerprint density at radius 2 is 2.04 bits per heavy atom. The first-order valence-electron chi connectivity index (χ1n) is 7.83. The fourth-order valence-electron chi connectivity index (χ4n) is 2.49. The van der Waals surface area contributed by atoms with Crippen molar-refractivity contribution in [3.05, 3.63) is 13.2 Å². The van der Waals surface area contributed by atoms with Crippen molar-refractivity contribution >= 4 is 57.2 Å². The van der Waals surface area contributed by atoms with Crippen molar-refractivity contribution in [1.82, 2.24) is 20.2 Å². The molecule has 1 aliphatic rings. The number of halogens is 2. The molecule has 0 bridgehead atoms. The van der Waals surface area contributed by atoms with Crippen LogP contribution in [0.25, 0.3) is 0 Å². The van der Waals surface area contributed by atoms with Crippen LogP contribution in [0.4, 0.5) is 4.79 Å². The third kappa shape index (κ3) is 5.67. The van der Waals surface area contributed by atoms with Gasteiger partial charge in [0.2, 0.25) is 0 Å². The zero-order valence-corrected chi connectivity index (χ0v) is 18.9. The molecule has 0 saturated carbocycles.